The van der Waals surface area contributed by atoms with Gasteiger partial charge in [0.25, 0.3) is 0 Å². The first-order valence-electron chi connectivity index (χ1n) is 13.1. The van der Waals surface area contributed by atoms with Crippen molar-refractivity contribution in [2.24, 2.45) is 0 Å². The fourth-order valence-electron chi connectivity index (χ4n) is 4.29. The average Bonchev–Trinajstić information content (AvgIpc) is 2.96. The van der Waals surface area contributed by atoms with Crippen molar-refractivity contribution in [3.8, 4) is 11.5 Å². The Morgan fingerprint density at radius 3 is 2.22 bits per heavy atom. The van der Waals surface area contributed by atoms with Crippen LogP contribution < -0.4 is 19.1 Å². The maximum Gasteiger partial charge on any atom is 0.244 e. The van der Waals surface area contributed by atoms with Gasteiger partial charge in [-0.25, -0.2) is 12.8 Å². The summed E-state index contributed by atoms with van der Waals surface area (Å²) in [6.07, 6.45) is 1.87. The zero-order valence-corrected chi connectivity index (χ0v) is 24.5. The van der Waals surface area contributed by atoms with Crippen molar-refractivity contribution in [3.05, 3.63) is 89.7 Å². The van der Waals surface area contributed by atoms with Crippen LogP contribution in [-0.4, -0.2) is 64.7 Å². The number of rotatable bonds is 14. The van der Waals surface area contributed by atoms with Crippen molar-refractivity contribution in [2.75, 3.05) is 37.9 Å². The molecule has 0 heterocycles. The quantitative estimate of drug-likeness (QED) is 0.309. The van der Waals surface area contributed by atoms with Gasteiger partial charge in [-0.05, 0) is 41.8 Å². The van der Waals surface area contributed by atoms with E-state index in [1.165, 1.54) is 55.5 Å². The predicted molar refractivity (Wildman–Crippen MR) is 156 cm³/mol. The van der Waals surface area contributed by atoms with Gasteiger partial charge in [-0.1, -0.05) is 49.4 Å². The Kier molecular flexibility index (Phi) is 11.1. The van der Waals surface area contributed by atoms with Gasteiger partial charge in [0.05, 0.1) is 26.2 Å². The highest BCUT2D eigenvalue weighted by Crippen LogP contribution is 2.33. The average molecular weight is 586 g/mol. The topological polar surface area (TPSA) is 105 Å². The number of benzene rings is 3. The normalized spacial score (nSPS) is 11.8. The number of nitrogens with zero attached hydrogens (tertiary/aromatic N) is 2. The number of halogens is 1. The summed E-state index contributed by atoms with van der Waals surface area (Å²) in [7, 11) is -1.13. The van der Waals surface area contributed by atoms with Crippen LogP contribution in [0.3, 0.4) is 0 Å². The Balaban J connectivity index is 2.07. The van der Waals surface area contributed by atoms with Crippen molar-refractivity contribution < 1.29 is 31.9 Å². The summed E-state index contributed by atoms with van der Waals surface area (Å²) in [6, 6.07) is 18.4. The second-order valence-corrected chi connectivity index (χ2v) is 11.4. The molecule has 0 bridgehead atoms. The van der Waals surface area contributed by atoms with Crippen molar-refractivity contribution in [1.82, 2.24) is 10.2 Å². The first kappa shape index (κ1) is 31.4. The summed E-state index contributed by atoms with van der Waals surface area (Å²) in [5, 5.41) is 2.87. The molecule has 11 heteroatoms. The van der Waals surface area contributed by atoms with Gasteiger partial charge in [0.1, 0.15) is 29.9 Å². The minimum absolute atomic E-state index is 0.0481. The zero-order chi connectivity index (χ0) is 30.0. The molecule has 1 N–H and O–H groups in total. The van der Waals surface area contributed by atoms with Crippen LogP contribution in [0.15, 0.2) is 72.8 Å². The molecule has 3 rings (SSSR count). The minimum Gasteiger partial charge on any atom is -0.497 e. The molecule has 0 radical (unpaired) electrons. The number of ether oxygens (including phenoxy) is 2. The van der Waals surface area contributed by atoms with Crippen molar-refractivity contribution in [3.63, 3.8) is 0 Å². The largest absolute Gasteiger partial charge is 0.497 e. The number of hydrogen-bond acceptors (Lipinski definition) is 6. The van der Waals surface area contributed by atoms with Crippen molar-refractivity contribution in [1.29, 1.82) is 0 Å². The number of carbonyl (C=O) groups excluding carboxylic acids is 2. The number of carbonyl (C=O) groups is 2. The molecular formula is C30H36FN3O6S. The molecular weight excluding hydrogens is 549 g/mol. The molecule has 220 valence electrons. The molecule has 0 aliphatic rings. The van der Waals surface area contributed by atoms with Gasteiger partial charge in [0, 0.05) is 25.6 Å². The molecule has 0 aliphatic heterocycles. The van der Waals surface area contributed by atoms with Crippen LogP contribution in [0.5, 0.6) is 11.5 Å². The van der Waals surface area contributed by atoms with E-state index in [0.29, 0.717) is 24.3 Å². The lowest BCUT2D eigenvalue weighted by atomic mass is 10.0. The Labute approximate surface area is 240 Å². The molecule has 3 aromatic rings. The van der Waals surface area contributed by atoms with E-state index < -0.39 is 34.3 Å². The van der Waals surface area contributed by atoms with E-state index in [9.17, 15) is 22.4 Å². The van der Waals surface area contributed by atoms with Gasteiger partial charge in [-0.15, -0.1) is 0 Å². The van der Waals surface area contributed by atoms with E-state index in [-0.39, 0.29) is 30.3 Å². The zero-order valence-electron chi connectivity index (χ0n) is 23.7. The maximum absolute atomic E-state index is 14.1. The van der Waals surface area contributed by atoms with Crippen LogP contribution in [0.25, 0.3) is 0 Å². The standard InChI is InChI=1S/C30H36FN3O6S/c1-5-17-32-30(36)27(18-22-9-7-6-8-10-22)33(20-23-11-13-24(31)14-12-23)29(35)21-34(41(4,37)38)26-16-15-25(39-2)19-28(26)40-3/h6-16,19,27H,5,17-18,20-21H2,1-4H3,(H,32,36). The lowest BCUT2D eigenvalue weighted by molar-refractivity contribution is -0.140. The summed E-state index contributed by atoms with van der Waals surface area (Å²) in [5.74, 6) is -0.805. The second-order valence-electron chi connectivity index (χ2n) is 9.45. The Hall–Kier alpha value is -4.12. The molecule has 1 unspecified atom stereocenters. The summed E-state index contributed by atoms with van der Waals surface area (Å²) < 4.78 is 51.2. The van der Waals surface area contributed by atoms with Crippen LogP contribution in [0, 0.1) is 5.82 Å². The van der Waals surface area contributed by atoms with Crippen molar-refractivity contribution in [2.45, 2.75) is 32.4 Å². The molecule has 0 saturated carbocycles. The minimum atomic E-state index is -3.98. The molecule has 0 aliphatic carbocycles. The Morgan fingerprint density at radius 2 is 1.63 bits per heavy atom. The number of anilines is 1. The fraction of sp³-hybridized carbons (Fsp3) is 0.333. The van der Waals surface area contributed by atoms with Gasteiger partial charge in [-0.2, -0.15) is 0 Å². The summed E-state index contributed by atoms with van der Waals surface area (Å²) in [4.78, 5) is 28.9. The first-order valence-corrected chi connectivity index (χ1v) is 15.0. The third kappa shape index (κ3) is 8.68. The highest BCUT2D eigenvalue weighted by molar-refractivity contribution is 7.92. The van der Waals surface area contributed by atoms with Crippen LogP contribution in [-0.2, 0) is 32.6 Å². The molecule has 41 heavy (non-hydrogen) atoms. The van der Waals surface area contributed by atoms with E-state index in [1.807, 2.05) is 37.3 Å². The van der Waals surface area contributed by atoms with Gasteiger partial charge in [0.2, 0.25) is 21.8 Å². The summed E-state index contributed by atoms with van der Waals surface area (Å²) >= 11 is 0. The Morgan fingerprint density at radius 1 is 0.951 bits per heavy atom. The number of hydrogen-bond donors (Lipinski definition) is 1. The molecule has 3 aromatic carbocycles. The molecule has 0 spiro atoms. The predicted octanol–water partition coefficient (Wildman–Crippen LogP) is 3.78. The molecule has 2 amide bonds. The van der Waals surface area contributed by atoms with E-state index in [1.54, 1.807) is 6.07 Å². The summed E-state index contributed by atoms with van der Waals surface area (Å²) in [6.45, 7) is 1.67. The van der Waals surface area contributed by atoms with Crippen LogP contribution >= 0.6 is 0 Å². The van der Waals surface area contributed by atoms with E-state index in [4.69, 9.17) is 9.47 Å². The SMILES string of the molecule is CCCNC(=O)C(Cc1ccccc1)N(Cc1ccc(F)cc1)C(=O)CN(c1ccc(OC)cc1OC)S(C)(=O)=O. The van der Waals surface area contributed by atoms with E-state index >= 15 is 0 Å². The lowest BCUT2D eigenvalue weighted by Gasteiger charge is -2.33. The third-order valence-corrected chi connectivity index (χ3v) is 7.55. The molecule has 0 aromatic heterocycles. The molecule has 0 fully saturated rings. The van der Waals surface area contributed by atoms with E-state index in [0.717, 1.165) is 16.1 Å². The van der Waals surface area contributed by atoms with Gasteiger partial charge in [-0.3, -0.25) is 13.9 Å². The van der Waals surface area contributed by atoms with Crippen molar-refractivity contribution >= 4 is 27.5 Å². The number of sulfonamides is 1. The van der Waals surface area contributed by atoms with Crippen LogP contribution in [0.1, 0.15) is 24.5 Å². The smallest absolute Gasteiger partial charge is 0.244 e. The second kappa shape index (κ2) is 14.5. The molecule has 1 atom stereocenters. The molecule has 9 nitrogen and oxygen atoms in total. The first-order chi connectivity index (χ1) is 19.6. The van der Waals surface area contributed by atoms with Gasteiger partial charge >= 0.3 is 0 Å². The van der Waals surface area contributed by atoms with Crippen LogP contribution in [0.2, 0.25) is 0 Å². The summed E-state index contributed by atoms with van der Waals surface area (Å²) in [5.41, 5.74) is 1.54. The highest BCUT2D eigenvalue weighted by atomic mass is 32.2. The van der Waals surface area contributed by atoms with E-state index in [2.05, 4.69) is 5.32 Å². The Bertz CT molecular complexity index is 1420. The highest BCUT2D eigenvalue weighted by Gasteiger charge is 2.33. The third-order valence-electron chi connectivity index (χ3n) is 6.42. The lowest BCUT2D eigenvalue weighted by Crippen LogP contribution is -2.53. The molecule has 0 saturated heterocycles. The van der Waals surface area contributed by atoms with Crippen LogP contribution in [0.4, 0.5) is 10.1 Å². The van der Waals surface area contributed by atoms with Gasteiger partial charge in [0.15, 0.2) is 0 Å². The fourth-order valence-corrected chi connectivity index (χ4v) is 5.15. The number of amides is 2. The number of nitrogens with one attached hydrogen (secondary N) is 1. The van der Waals surface area contributed by atoms with Gasteiger partial charge < -0.3 is 19.7 Å². The monoisotopic (exact) mass is 585 g/mol. The number of methoxy groups -OCH3 is 2. The maximum atomic E-state index is 14.1.